The third kappa shape index (κ3) is 3.95. The van der Waals surface area contributed by atoms with Gasteiger partial charge < -0.3 is 5.32 Å². The van der Waals surface area contributed by atoms with Gasteiger partial charge >= 0.3 is 0 Å². The lowest BCUT2D eigenvalue weighted by molar-refractivity contribution is -0.126. The predicted molar refractivity (Wildman–Crippen MR) is 88.1 cm³/mol. The summed E-state index contributed by atoms with van der Waals surface area (Å²) in [5.74, 6) is 0.0186. The molecule has 1 aliphatic carbocycles. The van der Waals surface area contributed by atoms with Crippen molar-refractivity contribution in [2.75, 3.05) is 0 Å². The molecule has 1 aromatic carbocycles. The van der Waals surface area contributed by atoms with Crippen molar-refractivity contribution in [2.45, 2.75) is 38.6 Å². The van der Waals surface area contributed by atoms with Crippen molar-refractivity contribution < 1.29 is 9.18 Å². The van der Waals surface area contributed by atoms with Crippen LogP contribution in [0.5, 0.6) is 0 Å². The first kappa shape index (κ1) is 15.7. The molecule has 3 rings (SSSR count). The molecule has 1 amide bonds. The second-order valence-corrected chi connectivity index (χ2v) is 6.07. The Kier molecular flexibility index (Phi) is 5.01. The maximum absolute atomic E-state index is 13.1. The fourth-order valence-corrected chi connectivity index (χ4v) is 3.14. The van der Waals surface area contributed by atoms with Crippen molar-refractivity contribution in [1.29, 1.82) is 0 Å². The van der Waals surface area contributed by atoms with E-state index in [0.29, 0.717) is 6.54 Å². The van der Waals surface area contributed by atoms with Crippen molar-refractivity contribution in [3.63, 3.8) is 0 Å². The van der Waals surface area contributed by atoms with E-state index in [4.69, 9.17) is 0 Å². The number of pyridine rings is 1. The zero-order valence-corrected chi connectivity index (χ0v) is 13.1. The molecule has 4 heteroatoms. The molecule has 0 unspecified atom stereocenters. The molecule has 0 aliphatic heterocycles. The summed E-state index contributed by atoms with van der Waals surface area (Å²) in [6, 6.07) is 10.1. The Bertz CT molecular complexity index is 663. The lowest BCUT2D eigenvalue weighted by Gasteiger charge is -2.21. The molecule has 0 saturated heterocycles. The molecule has 2 aromatic rings. The van der Waals surface area contributed by atoms with Gasteiger partial charge in [0, 0.05) is 24.2 Å². The third-order valence-electron chi connectivity index (χ3n) is 4.44. The Balaban J connectivity index is 1.70. The summed E-state index contributed by atoms with van der Waals surface area (Å²) in [7, 11) is 0. The summed E-state index contributed by atoms with van der Waals surface area (Å²) in [5.41, 5.74) is 2.59. The fourth-order valence-electron chi connectivity index (χ4n) is 3.14. The topological polar surface area (TPSA) is 42.0 Å². The van der Waals surface area contributed by atoms with Crippen LogP contribution >= 0.6 is 0 Å². The minimum absolute atomic E-state index is 0.138. The largest absolute Gasteiger partial charge is 0.352 e. The number of carbonyl (C=O) groups is 1. The molecule has 1 heterocycles. The average molecular weight is 312 g/mol. The van der Waals surface area contributed by atoms with Gasteiger partial charge in [-0.3, -0.25) is 9.78 Å². The normalized spacial score (nSPS) is 15.3. The number of nitrogens with one attached hydrogen (secondary N) is 1. The number of hydrogen-bond donors (Lipinski definition) is 1. The van der Waals surface area contributed by atoms with Gasteiger partial charge in [0.1, 0.15) is 5.82 Å². The fraction of sp³-hybridized carbons (Fsp3) is 0.368. The van der Waals surface area contributed by atoms with Crippen LogP contribution in [0, 0.1) is 11.7 Å². The maximum Gasteiger partial charge on any atom is 0.223 e. The Morgan fingerprint density at radius 3 is 2.61 bits per heavy atom. The smallest absolute Gasteiger partial charge is 0.223 e. The van der Waals surface area contributed by atoms with Crippen molar-refractivity contribution in [3.8, 4) is 11.3 Å². The number of rotatable bonds is 4. The van der Waals surface area contributed by atoms with E-state index in [9.17, 15) is 9.18 Å². The molecule has 1 aliphatic rings. The highest BCUT2D eigenvalue weighted by molar-refractivity contribution is 5.79. The van der Waals surface area contributed by atoms with Gasteiger partial charge in [-0.25, -0.2) is 4.39 Å². The van der Waals surface area contributed by atoms with Crippen LogP contribution in [0.4, 0.5) is 4.39 Å². The van der Waals surface area contributed by atoms with E-state index in [0.717, 1.165) is 42.5 Å². The van der Waals surface area contributed by atoms with Gasteiger partial charge in [-0.15, -0.1) is 0 Å². The Labute approximate surface area is 135 Å². The van der Waals surface area contributed by atoms with Gasteiger partial charge in [0.15, 0.2) is 0 Å². The van der Waals surface area contributed by atoms with Crippen LogP contribution in [-0.4, -0.2) is 10.9 Å². The molecule has 1 aromatic heterocycles. The van der Waals surface area contributed by atoms with Crippen LogP contribution in [0.2, 0.25) is 0 Å². The van der Waals surface area contributed by atoms with Crippen LogP contribution in [0.15, 0.2) is 42.6 Å². The van der Waals surface area contributed by atoms with E-state index in [1.54, 1.807) is 18.3 Å². The van der Waals surface area contributed by atoms with Crippen LogP contribution in [-0.2, 0) is 11.3 Å². The first-order valence-corrected chi connectivity index (χ1v) is 8.21. The second-order valence-electron chi connectivity index (χ2n) is 6.07. The van der Waals surface area contributed by atoms with E-state index in [2.05, 4.69) is 10.3 Å². The van der Waals surface area contributed by atoms with Gasteiger partial charge in [-0.2, -0.15) is 0 Å². The van der Waals surface area contributed by atoms with E-state index in [-0.39, 0.29) is 17.6 Å². The molecule has 0 atom stereocenters. The number of aromatic nitrogens is 1. The summed E-state index contributed by atoms with van der Waals surface area (Å²) in [5, 5.41) is 3.04. The zero-order chi connectivity index (χ0) is 16.1. The molecule has 0 spiro atoms. The predicted octanol–water partition coefficient (Wildman–Crippen LogP) is 4.08. The highest BCUT2D eigenvalue weighted by atomic mass is 19.1. The summed E-state index contributed by atoms with van der Waals surface area (Å²) >= 11 is 0. The number of benzene rings is 1. The minimum Gasteiger partial charge on any atom is -0.352 e. The first-order chi connectivity index (χ1) is 11.2. The van der Waals surface area contributed by atoms with E-state index in [1.165, 1.54) is 18.6 Å². The molecule has 3 nitrogen and oxygen atoms in total. The standard InChI is InChI=1S/C19H21FN2O/c20-17-10-8-14(9-11-17)18-16(7-4-12-21-18)13-22-19(23)15-5-2-1-3-6-15/h4,7-12,15H,1-3,5-6,13H2,(H,22,23). The maximum atomic E-state index is 13.1. The molecule has 1 N–H and O–H groups in total. The molecular formula is C19H21FN2O. The SMILES string of the molecule is O=C(NCc1cccnc1-c1ccc(F)cc1)C1CCCCC1. The average Bonchev–Trinajstić information content (AvgIpc) is 2.61. The van der Waals surface area contributed by atoms with E-state index in [1.807, 2.05) is 12.1 Å². The molecular weight excluding hydrogens is 291 g/mol. The lowest BCUT2D eigenvalue weighted by Crippen LogP contribution is -2.31. The van der Waals surface area contributed by atoms with Crippen LogP contribution in [0.3, 0.4) is 0 Å². The highest BCUT2D eigenvalue weighted by Gasteiger charge is 2.21. The zero-order valence-electron chi connectivity index (χ0n) is 13.1. The van der Waals surface area contributed by atoms with Crippen molar-refractivity contribution in [1.82, 2.24) is 10.3 Å². The summed E-state index contributed by atoms with van der Waals surface area (Å²) < 4.78 is 13.1. The molecule has 1 saturated carbocycles. The minimum atomic E-state index is -0.267. The Morgan fingerprint density at radius 1 is 1.13 bits per heavy atom. The summed E-state index contributed by atoms with van der Waals surface area (Å²) in [4.78, 5) is 16.7. The molecule has 1 fully saturated rings. The number of halogens is 1. The van der Waals surface area contributed by atoms with Gasteiger partial charge in [-0.1, -0.05) is 25.3 Å². The quantitative estimate of drug-likeness (QED) is 0.924. The third-order valence-corrected chi connectivity index (χ3v) is 4.44. The Morgan fingerprint density at radius 2 is 1.87 bits per heavy atom. The monoisotopic (exact) mass is 312 g/mol. The van der Waals surface area contributed by atoms with Crippen LogP contribution < -0.4 is 5.32 Å². The summed E-state index contributed by atoms with van der Waals surface area (Å²) in [6.45, 7) is 0.454. The number of hydrogen-bond acceptors (Lipinski definition) is 2. The first-order valence-electron chi connectivity index (χ1n) is 8.21. The number of amides is 1. The van der Waals surface area contributed by atoms with E-state index < -0.39 is 0 Å². The van der Waals surface area contributed by atoms with Gasteiger partial charge in [0.05, 0.1) is 5.69 Å². The van der Waals surface area contributed by atoms with Crippen molar-refractivity contribution in [2.24, 2.45) is 5.92 Å². The van der Waals surface area contributed by atoms with Crippen molar-refractivity contribution >= 4 is 5.91 Å². The number of carbonyl (C=O) groups excluding carboxylic acids is 1. The van der Waals surface area contributed by atoms with Gasteiger partial charge in [0.2, 0.25) is 5.91 Å². The molecule has 120 valence electrons. The van der Waals surface area contributed by atoms with Crippen molar-refractivity contribution in [3.05, 3.63) is 54.0 Å². The van der Waals surface area contributed by atoms with Crippen LogP contribution in [0.1, 0.15) is 37.7 Å². The van der Waals surface area contributed by atoms with Crippen LogP contribution in [0.25, 0.3) is 11.3 Å². The number of nitrogens with zero attached hydrogens (tertiary/aromatic N) is 1. The van der Waals surface area contributed by atoms with E-state index >= 15 is 0 Å². The molecule has 23 heavy (non-hydrogen) atoms. The molecule has 0 bridgehead atoms. The lowest BCUT2D eigenvalue weighted by atomic mass is 9.88. The molecule has 0 radical (unpaired) electrons. The highest BCUT2D eigenvalue weighted by Crippen LogP contribution is 2.24. The Hall–Kier alpha value is -2.23. The second kappa shape index (κ2) is 7.36. The van der Waals surface area contributed by atoms with Gasteiger partial charge in [-0.05, 0) is 48.7 Å². The van der Waals surface area contributed by atoms with Gasteiger partial charge in [0.25, 0.3) is 0 Å². The summed E-state index contributed by atoms with van der Waals surface area (Å²) in [6.07, 6.45) is 7.22.